The number of hydrogen-bond acceptors (Lipinski definition) is 2. The zero-order valence-electron chi connectivity index (χ0n) is 11.5. The summed E-state index contributed by atoms with van der Waals surface area (Å²) in [6.45, 7) is 4.33. The van der Waals surface area contributed by atoms with Crippen LogP contribution in [0.3, 0.4) is 0 Å². The summed E-state index contributed by atoms with van der Waals surface area (Å²) in [6, 6.07) is 13.6. The Bertz CT molecular complexity index is 608. The lowest BCUT2D eigenvalue weighted by molar-refractivity contribution is -0.114. The van der Waals surface area contributed by atoms with Crippen LogP contribution in [0, 0.1) is 13.8 Å². The Hall–Kier alpha value is -1.81. The van der Waals surface area contributed by atoms with Crippen molar-refractivity contribution in [2.24, 2.45) is 0 Å². The molecule has 104 valence electrons. The minimum atomic E-state index is -0.0591. The number of amides is 1. The fourth-order valence-corrected chi connectivity index (χ4v) is 2.04. The number of carbonyl (C=O) groups is 1. The van der Waals surface area contributed by atoms with Crippen LogP contribution in [0.2, 0.25) is 0 Å². The Kier molecular flexibility index (Phi) is 4.79. The number of nitrogens with one attached hydrogen (secondary N) is 2. The van der Waals surface area contributed by atoms with Gasteiger partial charge in [-0.3, -0.25) is 4.79 Å². The minimum Gasteiger partial charge on any atom is -0.376 e. The van der Waals surface area contributed by atoms with Crippen LogP contribution >= 0.6 is 15.9 Å². The van der Waals surface area contributed by atoms with Gasteiger partial charge in [0.05, 0.1) is 6.54 Å². The summed E-state index contributed by atoms with van der Waals surface area (Å²) < 4.78 is 1.02. The molecule has 0 saturated carbocycles. The molecule has 0 unspecified atom stereocenters. The Morgan fingerprint density at radius 1 is 1.00 bits per heavy atom. The lowest BCUT2D eigenvalue weighted by Crippen LogP contribution is -2.21. The topological polar surface area (TPSA) is 41.1 Å². The van der Waals surface area contributed by atoms with Crippen LogP contribution in [-0.2, 0) is 4.79 Å². The summed E-state index contributed by atoms with van der Waals surface area (Å²) in [5.41, 5.74) is 4.14. The van der Waals surface area contributed by atoms with Gasteiger partial charge in [0.1, 0.15) is 0 Å². The van der Waals surface area contributed by atoms with E-state index in [0.29, 0.717) is 0 Å². The number of rotatable bonds is 4. The highest BCUT2D eigenvalue weighted by atomic mass is 79.9. The Balaban J connectivity index is 1.89. The summed E-state index contributed by atoms with van der Waals surface area (Å²) in [4.78, 5) is 11.9. The third kappa shape index (κ3) is 4.10. The minimum absolute atomic E-state index is 0.0591. The highest BCUT2D eigenvalue weighted by Gasteiger charge is 2.03. The van der Waals surface area contributed by atoms with Gasteiger partial charge in [0, 0.05) is 15.8 Å². The van der Waals surface area contributed by atoms with E-state index in [1.54, 1.807) is 0 Å². The van der Waals surface area contributed by atoms with E-state index in [-0.39, 0.29) is 12.5 Å². The van der Waals surface area contributed by atoms with Gasteiger partial charge in [-0.05, 0) is 61.4 Å². The zero-order valence-corrected chi connectivity index (χ0v) is 13.1. The molecule has 3 nitrogen and oxygen atoms in total. The molecule has 0 radical (unpaired) electrons. The number of aryl methyl sites for hydroxylation is 2. The van der Waals surface area contributed by atoms with E-state index in [1.165, 1.54) is 11.1 Å². The first-order chi connectivity index (χ1) is 9.54. The smallest absolute Gasteiger partial charge is 0.243 e. The predicted octanol–water partition coefficient (Wildman–Crippen LogP) is 4.12. The van der Waals surface area contributed by atoms with Crippen molar-refractivity contribution in [2.45, 2.75) is 13.8 Å². The van der Waals surface area contributed by atoms with Crippen LogP contribution < -0.4 is 10.6 Å². The molecule has 0 fully saturated rings. The van der Waals surface area contributed by atoms with Crippen molar-refractivity contribution in [3.8, 4) is 0 Å². The van der Waals surface area contributed by atoms with E-state index in [4.69, 9.17) is 0 Å². The third-order valence-corrected chi connectivity index (χ3v) is 3.62. The molecule has 0 saturated heterocycles. The fourth-order valence-electron chi connectivity index (χ4n) is 1.77. The van der Waals surface area contributed by atoms with Gasteiger partial charge in [0.2, 0.25) is 5.91 Å². The van der Waals surface area contributed by atoms with E-state index in [0.717, 1.165) is 15.8 Å². The zero-order chi connectivity index (χ0) is 14.5. The molecule has 0 heterocycles. The average Bonchev–Trinajstić information content (AvgIpc) is 2.42. The first kappa shape index (κ1) is 14.6. The third-order valence-electron chi connectivity index (χ3n) is 3.09. The monoisotopic (exact) mass is 332 g/mol. The second-order valence-corrected chi connectivity index (χ2v) is 5.62. The van der Waals surface area contributed by atoms with Crippen LogP contribution in [0.15, 0.2) is 46.9 Å². The summed E-state index contributed by atoms with van der Waals surface area (Å²) >= 11 is 3.38. The highest BCUT2D eigenvalue weighted by molar-refractivity contribution is 9.10. The van der Waals surface area contributed by atoms with Crippen LogP contribution in [0.4, 0.5) is 11.4 Å². The first-order valence-electron chi connectivity index (χ1n) is 6.41. The molecule has 2 N–H and O–H groups in total. The molecule has 0 aromatic heterocycles. The van der Waals surface area contributed by atoms with Gasteiger partial charge in [-0.2, -0.15) is 0 Å². The molecule has 0 atom stereocenters. The molecule has 2 aromatic rings. The number of benzene rings is 2. The van der Waals surface area contributed by atoms with Crippen molar-refractivity contribution in [3.63, 3.8) is 0 Å². The van der Waals surface area contributed by atoms with Crippen molar-refractivity contribution in [2.75, 3.05) is 17.2 Å². The molecule has 2 rings (SSSR count). The van der Waals surface area contributed by atoms with Crippen LogP contribution in [0.1, 0.15) is 11.1 Å². The lowest BCUT2D eigenvalue weighted by atomic mass is 10.1. The Morgan fingerprint density at radius 3 is 2.30 bits per heavy atom. The Labute approximate surface area is 127 Å². The maximum absolute atomic E-state index is 11.9. The van der Waals surface area contributed by atoms with Crippen molar-refractivity contribution in [3.05, 3.63) is 58.1 Å². The quantitative estimate of drug-likeness (QED) is 0.884. The maximum atomic E-state index is 11.9. The molecular weight excluding hydrogens is 316 g/mol. The molecule has 2 aromatic carbocycles. The maximum Gasteiger partial charge on any atom is 0.243 e. The SMILES string of the molecule is Cc1ccc(NC(=O)CNc2ccc(Br)cc2)cc1C. The molecule has 1 amide bonds. The van der Waals surface area contributed by atoms with Gasteiger partial charge in [0.25, 0.3) is 0 Å². The van der Waals surface area contributed by atoms with Crippen LogP contribution in [0.5, 0.6) is 0 Å². The largest absolute Gasteiger partial charge is 0.376 e. The van der Waals surface area contributed by atoms with Crippen molar-refractivity contribution in [1.82, 2.24) is 0 Å². The molecule has 0 spiro atoms. The summed E-state index contributed by atoms with van der Waals surface area (Å²) in [5.74, 6) is -0.0591. The number of halogens is 1. The lowest BCUT2D eigenvalue weighted by Gasteiger charge is -2.09. The number of anilines is 2. The van der Waals surface area contributed by atoms with Gasteiger partial charge >= 0.3 is 0 Å². The van der Waals surface area contributed by atoms with Gasteiger partial charge in [-0.1, -0.05) is 22.0 Å². The van der Waals surface area contributed by atoms with Crippen LogP contribution in [0.25, 0.3) is 0 Å². The molecular formula is C16H17BrN2O. The molecule has 0 aliphatic carbocycles. The average molecular weight is 333 g/mol. The van der Waals surface area contributed by atoms with E-state index in [9.17, 15) is 4.79 Å². The van der Waals surface area contributed by atoms with Gasteiger partial charge in [-0.15, -0.1) is 0 Å². The fraction of sp³-hybridized carbons (Fsp3) is 0.188. The van der Waals surface area contributed by atoms with Crippen molar-refractivity contribution < 1.29 is 4.79 Å². The highest BCUT2D eigenvalue weighted by Crippen LogP contribution is 2.15. The van der Waals surface area contributed by atoms with Gasteiger partial charge in [0.15, 0.2) is 0 Å². The van der Waals surface area contributed by atoms with E-state index in [1.807, 2.05) is 49.4 Å². The summed E-state index contributed by atoms with van der Waals surface area (Å²) in [6.07, 6.45) is 0. The molecule has 0 aliphatic rings. The van der Waals surface area contributed by atoms with Gasteiger partial charge in [-0.25, -0.2) is 0 Å². The predicted molar refractivity (Wildman–Crippen MR) is 87.2 cm³/mol. The molecule has 0 bridgehead atoms. The second kappa shape index (κ2) is 6.57. The van der Waals surface area contributed by atoms with E-state index in [2.05, 4.69) is 33.5 Å². The molecule has 4 heteroatoms. The standard InChI is InChI=1S/C16H17BrN2O/c1-11-3-6-15(9-12(11)2)19-16(20)10-18-14-7-4-13(17)5-8-14/h3-9,18H,10H2,1-2H3,(H,19,20). The summed E-state index contributed by atoms with van der Waals surface area (Å²) in [7, 11) is 0. The van der Waals surface area contributed by atoms with Crippen molar-refractivity contribution in [1.29, 1.82) is 0 Å². The molecule has 20 heavy (non-hydrogen) atoms. The second-order valence-electron chi connectivity index (χ2n) is 4.71. The Morgan fingerprint density at radius 2 is 1.65 bits per heavy atom. The van der Waals surface area contributed by atoms with Crippen molar-refractivity contribution >= 4 is 33.2 Å². The summed E-state index contributed by atoms with van der Waals surface area (Å²) in [5, 5.41) is 5.97. The molecule has 0 aliphatic heterocycles. The van der Waals surface area contributed by atoms with Gasteiger partial charge < -0.3 is 10.6 Å². The number of carbonyl (C=O) groups excluding carboxylic acids is 1. The number of hydrogen-bond donors (Lipinski definition) is 2. The first-order valence-corrected chi connectivity index (χ1v) is 7.20. The van der Waals surface area contributed by atoms with E-state index >= 15 is 0 Å². The van der Waals surface area contributed by atoms with E-state index < -0.39 is 0 Å². The normalized spacial score (nSPS) is 10.2. The van der Waals surface area contributed by atoms with Crippen LogP contribution in [-0.4, -0.2) is 12.5 Å².